The Balaban J connectivity index is 1.41. The zero-order valence-corrected chi connectivity index (χ0v) is 16.9. The maximum Gasteiger partial charge on any atom is 0.225 e. The van der Waals surface area contributed by atoms with Crippen LogP contribution in [0.5, 0.6) is 5.75 Å². The van der Waals surface area contributed by atoms with E-state index in [2.05, 4.69) is 10.2 Å². The predicted octanol–water partition coefficient (Wildman–Crippen LogP) is 4.23. The molecule has 2 heterocycles. The Bertz CT molecular complexity index is 941. The predicted molar refractivity (Wildman–Crippen MR) is 114 cm³/mol. The molecule has 0 aliphatic carbocycles. The van der Waals surface area contributed by atoms with E-state index in [9.17, 15) is 4.79 Å². The summed E-state index contributed by atoms with van der Waals surface area (Å²) in [7, 11) is 0. The third-order valence-electron chi connectivity index (χ3n) is 5.03. The van der Waals surface area contributed by atoms with Gasteiger partial charge in [-0.1, -0.05) is 41.7 Å². The van der Waals surface area contributed by atoms with E-state index in [1.165, 1.54) is 0 Å². The van der Waals surface area contributed by atoms with Crippen molar-refractivity contribution in [1.82, 2.24) is 10.3 Å². The molecule has 1 fully saturated rings. The Labute approximate surface area is 169 Å². The van der Waals surface area contributed by atoms with Gasteiger partial charge in [-0.3, -0.25) is 4.79 Å². The number of anilines is 1. The zero-order valence-electron chi connectivity index (χ0n) is 16.1. The highest BCUT2D eigenvalue weighted by Crippen LogP contribution is 2.33. The Morgan fingerprint density at radius 3 is 2.96 bits per heavy atom. The van der Waals surface area contributed by atoms with Crippen LogP contribution in [0.4, 0.5) is 5.13 Å². The van der Waals surface area contributed by atoms with Gasteiger partial charge in [-0.2, -0.15) is 0 Å². The molecule has 1 N–H and O–H groups in total. The average molecular weight is 396 g/mol. The lowest BCUT2D eigenvalue weighted by atomic mass is 9.97. The van der Waals surface area contributed by atoms with Crippen LogP contribution in [0.1, 0.15) is 25.3 Å². The summed E-state index contributed by atoms with van der Waals surface area (Å²) in [6.07, 6.45) is 1.93. The third-order valence-corrected chi connectivity index (χ3v) is 6.11. The first-order chi connectivity index (χ1) is 13.7. The summed E-state index contributed by atoms with van der Waals surface area (Å²) in [6, 6.07) is 16.1. The van der Waals surface area contributed by atoms with E-state index in [0.29, 0.717) is 13.2 Å². The van der Waals surface area contributed by atoms with E-state index in [1.807, 2.05) is 55.5 Å². The number of thiazole rings is 1. The quantitative estimate of drug-likeness (QED) is 0.679. The maximum absolute atomic E-state index is 12.7. The standard InChI is InChI=1S/C22H25N3O2S/c1-2-27-18-10-11-19-20(13-18)28-22(24-19)25-12-6-9-17(15-25)21(26)23-14-16-7-4-3-5-8-16/h3-5,7-8,10-11,13,17H,2,6,9,12,14-15H2,1H3,(H,23,26). The number of hydrogen-bond acceptors (Lipinski definition) is 5. The Kier molecular flexibility index (Phi) is 5.76. The van der Waals surface area contributed by atoms with Crippen LogP contribution >= 0.6 is 11.3 Å². The second kappa shape index (κ2) is 8.61. The lowest BCUT2D eigenvalue weighted by molar-refractivity contribution is -0.125. The molecule has 1 aromatic heterocycles. The molecular weight excluding hydrogens is 370 g/mol. The number of amides is 1. The highest BCUT2D eigenvalue weighted by atomic mass is 32.1. The van der Waals surface area contributed by atoms with E-state index in [4.69, 9.17) is 9.72 Å². The second-order valence-corrected chi connectivity index (χ2v) is 8.06. The highest BCUT2D eigenvalue weighted by molar-refractivity contribution is 7.22. The molecule has 0 saturated carbocycles. The molecule has 1 saturated heterocycles. The van der Waals surface area contributed by atoms with Crippen molar-refractivity contribution < 1.29 is 9.53 Å². The molecule has 3 aromatic rings. The summed E-state index contributed by atoms with van der Waals surface area (Å²) in [5.74, 6) is 1.01. The van der Waals surface area contributed by atoms with Crippen LogP contribution in [0.2, 0.25) is 0 Å². The number of carbonyl (C=O) groups is 1. The maximum atomic E-state index is 12.7. The molecule has 2 aromatic carbocycles. The van der Waals surface area contributed by atoms with Crippen molar-refractivity contribution in [3.05, 3.63) is 54.1 Å². The summed E-state index contributed by atoms with van der Waals surface area (Å²) in [5, 5.41) is 4.08. The number of nitrogens with zero attached hydrogens (tertiary/aromatic N) is 2. The number of carbonyl (C=O) groups excluding carboxylic acids is 1. The second-order valence-electron chi connectivity index (χ2n) is 7.05. The van der Waals surface area contributed by atoms with Crippen LogP contribution in [0, 0.1) is 5.92 Å². The van der Waals surface area contributed by atoms with Gasteiger partial charge in [-0.15, -0.1) is 0 Å². The summed E-state index contributed by atoms with van der Waals surface area (Å²) in [5.41, 5.74) is 2.11. The summed E-state index contributed by atoms with van der Waals surface area (Å²) in [4.78, 5) is 19.7. The number of benzene rings is 2. The molecule has 0 spiro atoms. The van der Waals surface area contributed by atoms with Gasteiger partial charge in [0.15, 0.2) is 5.13 Å². The molecule has 0 radical (unpaired) electrons. The monoisotopic (exact) mass is 395 g/mol. The van der Waals surface area contributed by atoms with Crippen LogP contribution in [-0.2, 0) is 11.3 Å². The van der Waals surface area contributed by atoms with Gasteiger partial charge in [0, 0.05) is 19.6 Å². The fraction of sp³-hybridized carbons (Fsp3) is 0.364. The van der Waals surface area contributed by atoms with Gasteiger partial charge in [0.25, 0.3) is 0 Å². The molecule has 1 amide bonds. The highest BCUT2D eigenvalue weighted by Gasteiger charge is 2.27. The van der Waals surface area contributed by atoms with Crippen molar-refractivity contribution in [2.75, 3.05) is 24.6 Å². The number of hydrogen-bond donors (Lipinski definition) is 1. The first-order valence-electron chi connectivity index (χ1n) is 9.83. The van der Waals surface area contributed by atoms with Gasteiger partial charge in [-0.05, 0) is 43.5 Å². The molecule has 1 atom stereocenters. The lowest BCUT2D eigenvalue weighted by Crippen LogP contribution is -2.42. The first-order valence-corrected chi connectivity index (χ1v) is 10.6. The third kappa shape index (κ3) is 4.28. The molecule has 4 rings (SSSR count). The van der Waals surface area contributed by atoms with Crippen LogP contribution in [0.15, 0.2) is 48.5 Å². The van der Waals surface area contributed by atoms with Gasteiger partial charge >= 0.3 is 0 Å². The van der Waals surface area contributed by atoms with E-state index in [-0.39, 0.29) is 11.8 Å². The van der Waals surface area contributed by atoms with E-state index >= 15 is 0 Å². The number of nitrogens with one attached hydrogen (secondary N) is 1. The van der Waals surface area contributed by atoms with Crippen molar-refractivity contribution in [1.29, 1.82) is 0 Å². The topological polar surface area (TPSA) is 54.5 Å². The number of piperidine rings is 1. The molecule has 6 heteroatoms. The fourth-order valence-electron chi connectivity index (χ4n) is 3.58. The SMILES string of the molecule is CCOc1ccc2nc(N3CCCC(C(=O)NCc4ccccc4)C3)sc2c1. The summed E-state index contributed by atoms with van der Waals surface area (Å²) >= 11 is 1.67. The molecule has 1 unspecified atom stereocenters. The van der Waals surface area contributed by atoms with E-state index in [0.717, 1.165) is 52.6 Å². The molecule has 1 aliphatic rings. The van der Waals surface area contributed by atoms with Crippen LogP contribution in [0.3, 0.4) is 0 Å². The fourth-order valence-corrected chi connectivity index (χ4v) is 4.61. The van der Waals surface area contributed by atoms with Gasteiger partial charge in [0.2, 0.25) is 5.91 Å². The summed E-state index contributed by atoms with van der Waals surface area (Å²) < 4.78 is 6.71. The van der Waals surface area contributed by atoms with Crippen molar-refractivity contribution in [2.45, 2.75) is 26.3 Å². The summed E-state index contributed by atoms with van der Waals surface area (Å²) in [6.45, 7) is 4.89. The number of fused-ring (bicyclic) bond motifs is 1. The Morgan fingerprint density at radius 1 is 1.29 bits per heavy atom. The average Bonchev–Trinajstić information content (AvgIpc) is 3.17. The van der Waals surface area contributed by atoms with Crippen molar-refractivity contribution in [2.24, 2.45) is 5.92 Å². The van der Waals surface area contributed by atoms with Crippen LogP contribution < -0.4 is 15.0 Å². The number of ether oxygens (including phenoxy) is 1. The molecule has 5 nitrogen and oxygen atoms in total. The minimum atomic E-state index is 0.00320. The van der Waals surface area contributed by atoms with Crippen molar-refractivity contribution in [3.8, 4) is 5.75 Å². The largest absolute Gasteiger partial charge is 0.494 e. The number of rotatable bonds is 6. The van der Waals surface area contributed by atoms with Crippen LogP contribution in [0.25, 0.3) is 10.2 Å². The lowest BCUT2D eigenvalue weighted by Gasteiger charge is -2.31. The van der Waals surface area contributed by atoms with Crippen molar-refractivity contribution in [3.63, 3.8) is 0 Å². The Morgan fingerprint density at radius 2 is 2.14 bits per heavy atom. The molecule has 28 heavy (non-hydrogen) atoms. The minimum Gasteiger partial charge on any atom is -0.494 e. The van der Waals surface area contributed by atoms with E-state index in [1.54, 1.807) is 11.3 Å². The molecular formula is C22H25N3O2S. The smallest absolute Gasteiger partial charge is 0.225 e. The molecule has 146 valence electrons. The normalized spacial score (nSPS) is 16.9. The van der Waals surface area contributed by atoms with Crippen molar-refractivity contribution >= 4 is 32.6 Å². The molecule has 1 aliphatic heterocycles. The number of aromatic nitrogens is 1. The first kappa shape index (κ1) is 18.7. The Hall–Kier alpha value is -2.60. The van der Waals surface area contributed by atoms with Gasteiger partial charge in [0.05, 0.1) is 22.7 Å². The van der Waals surface area contributed by atoms with E-state index < -0.39 is 0 Å². The molecule has 0 bridgehead atoms. The van der Waals surface area contributed by atoms with Gasteiger partial charge in [0.1, 0.15) is 5.75 Å². The minimum absolute atomic E-state index is 0.00320. The van der Waals surface area contributed by atoms with Gasteiger partial charge < -0.3 is 15.0 Å². The van der Waals surface area contributed by atoms with Gasteiger partial charge in [-0.25, -0.2) is 4.98 Å². The van der Waals surface area contributed by atoms with Crippen LogP contribution in [-0.4, -0.2) is 30.6 Å². The zero-order chi connectivity index (χ0) is 19.3.